The molecule has 0 atom stereocenters. The molecule has 0 unspecified atom stereocenters. The average Bonchev–Trinajstić information content (AvgIpc) is 2.50. The van der Waals surface area contributed by atoms with Crippen LogP contribution in [0.2, 0.25) is 0 Å². The maximum absolute atomic E-state index is 10.8. The third-order valence-corrected chi connectivity index (χ3v) is 4.43. The second kappa shape index (κ2) is 3.47. The van der Waals surface area contributed by atoms with Gasteiger partial charge in [0.15, 0.2) is 0 Å². The van der Waals surface area contributed by atoms with Crippen LogP contribution in [0.25, 0.3) is 10.1 Å². The van der Waals surface area contributed by atoms with E-state index in [9.17, 15) is 10.1 Å². The van der Waals surface area contributed by atoms with Crippen molar-refractivity contribution in [3.63, 3.8) is 0 Å². The molecule has 2 rings (SSSR count). The van der Waals surface area contributed by atoms with Crippen molar-refractivity contribution in [2.45, 2.75) is 6.92 Å². The van der Waals surface area contributed by atoms with Crippen molar-refractivity contribution < 1.29 is 4.92 Å². The average molecular weight is 319 g/mol. The summed E-state index contributed by atoms with van der Waals surface area (Å²) in [7, 11) is 0. The number of thiophene rings is 1. The first-order chi connectivity index (χ1) is 6.61. The van der Waals surface area contributed by atoms with Gasteiger partial charge in [0.1, 0.15) is 0 Å². The molecule has 14 heavy (non-hydrogen) atoms. The predicted molar refractivity (Wildman–Crippen MR) is 65.9 cm³/mol. The minimum Gasteiger partial charge on any atom is -0.258 e. The van der Waals surface area contributed by atoms with Gasteiger partial charge < -0.3 is 0 Å². The second-order valence-electron chi connectivity index (χ2n) is 2.95. The number of halogens is 1. The van der Waals surface area contributed by atoms with E-state index in [-0.39, 0.29) is 10.6 Å². The van der Waals surface area contributed by atoms with Crippen molar-refractivity contribution in [1.29, 1.82) is 0 Å². The van der Waals surface area contributed by atoms with E-state index in [1.54, 1.807) is 23.5 Å². The summed E-state index contributed by atoms with van der Waals surface area (Å²) in [6, 6.07) is 3.36. The summed E-state index contributed by atoms with van der Waals surface area (Å²) in [6.45, 7) is 1.90. The molecule has 2 aromatic rings. The van der Waals surface area contributed by atoms with Crippen LogP contribution in [0.3, 0.4) is 0 Å². The van der Waals surface area contributed by atoms with Crippen LogP contribution < -0.4 is 0 Å². The molecule has 0 spiro atoms. The van der Waals surface area contributed by atoms with Gasteiger partial charge in [-0.1, -0.05) is 0 Å². The Hall–Kier alpha value is -0.690. The number of fused-ring (bicyclic) bond motifs is 1. The van der Waals surface area contributed by atoms with Gasteiger partial charge in [-0.25, -0.2) is 0 Å². The molecule has 0 fully saturated rings. The zero-order valence-corrected chi connectivity index (χ0v) is 10.3. The summed E-state index contributed by atoms with van der Waals surface area (Å²) in [5.41, 5.74) is 1.19. The molecule has 0 aliphatic heterocycles. The van der Waals surface area contributed by atoms with Gasteiger partial charge >= 0.3 is 0 Å². The SMILES string of the molecule is Cc1csc2c(I)ccc([N+](=O)[O-])c12. The van der Waals surface area contributed by atoms with Crippen LogP contribution >= 0.6 is 33.9 Å². The number of nitro benzene ring substituents is 1. The molecule has 0 radical (unpaired) electrons. The third kappa shape index (κ3) is 1.40. The van der Waals surface area contributed by atoms with Gasteiger partial charge in [0.05, 0.1) is 15.0 Å². The summed E-state index contributed by atoms with van der Waals surface area (Å²) < 4.78 is 2.08. The van der Waals surface area contributed by atoms with E-state index in [1.807, 2.05) is 12.3 Å². The van der Waals surface area contributed by atoms with E-state index in [0.717, 1.165) is 19.2 Å². The molecule has 0 saturated carbocycles. The summed E-state index contributed by atoms with van der Waals surface area (Å²) in [5.74, 6) is 0. The zero-order valence-electron chi connectivity index (χ0n) is 7.28. The number of hydrogen-bond donors (Lipinski definition) is 0. The Morgan fingerprint density at radius 2 is 2.21 bits per heavy atom. The third-order valence-electron chi connectivity index (χ3n) is 2.03. The minimum absolute atomic E-state index is 0.208. The summed E-state index contributed by atoms with van der Waals surface area (Å²) in [5, 5.41) is 13.5. The molecule has 1 heterocycles. The molecule has 0 saturated heterocycles. The minimum atomic E-state index is -0.321. The molecular formula is C9H6INO2S. The Bertz CT molecular complexity index is 521. The van der Waals surface area contributed by atoms with Gasteiger partial charge in [0.2, 0.25) is 0 Å². The van der Waals surface area contributed by atoms with Gasteiger partial charge in [0, 0.05) is 9.64 Å². The molecule has 5 heteroatoms. The van der Waals surface area contributed by atoms with Crippen molar-refractivity contribution in [3.8, 4) is 0 Å². The lowest BCUT2D eigenvalue weighted by atomic mass is 10.1. The largest absolute Gasteiger partial charge is 0.278 e. The van der Waals surface area contributed by atoms with Crippen LogP contribution in [0, 0.1) is 20.6 Å². The molecule has 0 amide bonds. The number of benzene rings is 1. The standard InChI is InChI=1S/C9H6INO2S/c1-5-4-14-9-6(10)2-3-7(8(5)9)11(12)13/h2-4H,1H3. The van der Waals surface area contributed by atoms with Crippen molar-refractivity contribution >= 4 is 49.7 Å². The maximum Gasteiger partial charge on any atom is 0.278 e. The van der Waals surface area contributed by atoms with E-state index >= 15 is 0 Å². The number of hydrogen-bond acceptors (Lipinski definition) is 3. The molecular weight excluding hydrogens is 313 g/mol. The van der Waals surface area contributed by atoms with E-state index < -0.39 is 0 Å². The van der Waals surface area contributed by atoms with Crippen LogP contribution in [0.5, 0.6) is 0 Å². The summed E-state index contributed by atoms with van der Waals surface area (Å²) in [4.78, 5) is 10.5. The first kappa shape index (κ1) is 9.85. The van der Waals surface area contributed by atoms with Gasteiger partial charge in [-0.15, -0.1) is 11.3 Å². The highest BCUT2D eigenvalue weighted by molar-refractivity contribution is 14.1. The predicted octanol–water partition coefficient (Wildman–Crippen LogP) is 3.72. The van der Waals surface area contributed by atoms with Crippen LogP contribution in [0.4, 0.5) is 5.69 Å². The smallest absolute Gasteiger partial charge is 0.258 e. The molecule has 1 aromatic carbocycles. The molecule has 0 aliphatic carbocycles. The normalized spacial score (nSPS) is 10.7. The Labute approximate surface area is 98.0 Å². The molecule has 0 aliphatic rings. The fourth-order valence-electron chi connectivity index (χ4n) is 1.40. The van der Waals surface area contributed by atoms with Gasteiger partial charge in [0.25, 0.3) is 5.69 Å². The highest BCUT2D eigenvalue weighted by Gasteiger charge is 2.16. The topological polar surface area (TPSA) is 43.1 Å². The Kier molecular flexibility index (Phi) is 2.44. The van der Waals surface area contributed by atoms with E-state index in [4.69, 9.17) is 0 Å². The quantitative estimate of drug-likeness (QED) is 0.457. The molecule has 72 valence electrons. The molecule has 0 N–H and O–H groups in total. The maximum atomic E-state index is 10.8. The summed E-state index contributed by atoms with van der Waals surface area (Å²) in [6.07, 6.45) is 0. The van der Waals surface area contributed by atoms with Crippen LogP contribution in [-0.4, -0.2) is 4.92 Å². The first-order valence-electron chi connectivity index (χ1n) is 3.92. The Morgan fingerprint density at radius 1 is 1.50 bits per heavy atom. The number of rotatable bonds is 1. The molecule has 0 bridgehead atoms. The highest BCUT2D eigenvalue weighted by Crippen LogP contribution is 2.36. The lowest BCUT2D eigenvalue weighted by Gasteiger charge is -1.97. The zero-order chi connectivity index (χ0) is 10.3. The fourth-order valence-corrected chi connectivity index (χ4v) is 3.21. The number of nitrogens with zero attached hydrogens (tertiary/aromatic N) is 1. The number of non-ortho nitro benzene ring substituents is 1. The lowest BCUT2D eigenvalue weighted by molar-refractivity contribution is -0.383. The van der Waals surface area contributed by atoms with Crippen molar-refractivity contribution in [2.75, 3.05) is 0 Å². The van der Waals surface area contributed by atoms with Crippen LogP contribution in [0.15, 0.2) is 17.5 Å². The fraction of sp³-hybridized carbons (Fsp3) is 0.111. The van der Waals surface area contributed by atoms with E-state index in [0.29, 0.717) is 0 Å². The van der Waals surface area contributed by atoms with Gasteiger partial charge in [-0.3, -0.25) is 10.1 Å². The van der Waals surface area contributed by atoms with Crippen molar-refractivity contribution in [3.05, 3.63) is 36.8 Å². The second-order valence-corrected chi connectivity index (χ2v) is 4.99. The van der Waals surface area contributed by atoms with Crippen molar-refractivity contribution in [1.82, 2.24) is 0 Å². The van der Waals surface area contributed by atoms with Crippen LogP contribution in [-0.2, 0) is 0 Å². The van der Waals surface area contributed by atoms with Crippen LogP contribution in [0.1, 0.15) is 5.56 Å². The molecule has 3 nitrogen and oxygen atoms in total. The Balaban J connectivity index is 2.92. The highest BCUT2D eigenvalue weighted by atomic mass is 127. The van der Waals surface area contributed by atoms with Gasteiger partial charge in [-0.2, -0.15) is 0 Å². The number of nitro groups is 1. The molecule has 1 aromatic heterocycles. The van der Waals surface area contributed by atoms with Gasteiger partial charge in [-0.05, 0) is 46.5 Å². The summed E-state index contributed by atoms with van der Waals surface area (Å²) >= 11 is 3.76. The monoisotopic (exact) mass is 319 g/mol. The Morgan fingerprint density at radius 3 is 2.86 bits per heavy atom. The van der Waals surface area contributed by atoms with E-state index in [1.165, 1.54) is 0 Å². The lowest BCUT2D eigenvalue weighted by Crippen LogP contribution is -1.89. The van der Waals surface area contributed by atoms with E-state index in [2.05, 4.69) is 22.6 Å². The number of aryl methyl sites for hydroxylation is 1. The van der Waals surface area contributed by atoms with Crippen molar-refractivity contribution in [2.24, 2.45) is 0 Å². The first-order valence-corrected chi connectivity index (χ1v) is 5.88.